The Labute approximate surface area is 194 Å². The molecule has 0 saturated heterocycles. The summed E-state index contributed by atoms with van der Waals surface area (Å²) in [4.78, 5) is 2.21. The van der Waals surface area contributed by atoms with Crippen molar-refractivity contribution in [3.8, 4) is 16.8 Å². The van der Waals surface area contributed by atoms with Gasteiger partial charge in [-0.05, 0) is 59.7 Å². The molecular weight excluding hydrogens is 400 g/mol. The molecule has 33 heavy (non-hydrogen) atoms. The SMILES string of the molecule is CN(c1ccccc1)c1ccc(-c2ccc3c4ccccc4n(-c4ccccc4)c3c2)cc1. The molecule has 1 aromatic heterocycles. The molecule has 0 bridgehead atoms. The van der Waals surface area contributed by atoms with Gasteiger partial charge in [0, 0.05) is 34.9 Å². The van der Waals surface area contributed by atoms with Crippen LogP contribution in [0.1, 0.15) is 0 Å². The molecule has 6 aromatic rings. The van der Waals surface area contributed by atoms with Crippen molar-refractivity contribution < 1.29 is 0 Å². The van der Waals surface area contributed by atoms with Crippen LogP contribution in [0.2, 0.25) is 0 Å². The lowest BCUT2D eigenvalue weighted by atomic mass is 10.0. The molecule has 0 aliphatic carbocycles. The van der Waals surface area contributed by atoms with Crippen molar-refractivity contribution in [3.63, 3.8) is 0 Å². The van der Waals surface area contributed by atoms with E-state index in [0.717, 1.165) is 0 Å². The summed E-state index contributed by atoms with van der Waals surface area (Å²) in [6, 6.07) is 45.3. The molecule has 2 nitrogen and oxygen atoms in total. The Morgan fingerprint density at radius 1 is 0.485 bits per heavy atom. The Bertz CT molecular complexity index is 1550. The molecule has 0 amide bonds. The summed E-state index contributed by atoms with van der Waals surface area (Å²) in [5, 5.41) is 2.56. The van der Waals surface area contributed by atoms with E-state index in [2.05, 4.69) is 138 Å². The summed E-state index contributed by atoms with van der Waals surface area (Å²) in [7, 11) is 2.11. The minimum Gasteiger partial charge on any atom is -0.345 e. The van der Waals surface area contributed by atoms with Crippen molar-refractivity contribution in [2.45, 2.75) is 0 Å². The lowest BCUT2D eigenvalue weighted by molar-refractivity contribution is 1.18. The first-order valence-corrected chi connectivity index (χ1v) is 11.3. The van der Waals surface area contributed by atoms with Crippen LogP contribution in [0.25, 0.3) is 38.6 Å². The predicted molar refractivity (Wildman–Crippen MR) is 141 cm³/mol. The third kappa shape index (κ3) is 3.37. The average molecular weight is 425 g/mol. The summed E-state index contributed by atoms with van der Waals surface area (Å²) in [5.41, 5.74) is 8.42. The zero-order valence-corrected chi connectivity index (χ0v) is 18.5. The topological polar surface area (TPSA) is 8.17 Å². The molecule has 158 valence electrons. The Morgan fingerprint density at radius 3 is 1.82 bits per heavy atom. The highest BCUT2D eigenvalue weighted by Crippen LogP contribution is 2.35. The largest absolute Gasteiger partial charge is 0.345 e. The number of anilines is 2. The highest BCUT2D eigenvalue weighted by molar-refractivity contribution is 6.10. The highest BCUT2D eigenvalue weighted by atomic mass is 15.1. The molecule has 1 heterocycles. The van der Waals surface area contributed by atoms with Crippen LogP contribution in [0.15, 0.2) is 127 Å². The summed E-state index contributed by atoms with van der Waals surface area (Å²) >= 11 is 0. The van der Waals surface area contributed by atoms with Crippen LogP contribution < -0.4 is 4.90 Å². The number of rotatable bonds is 4. The van der Waals surface area contributed by atoms with Gasteiger partial charge < -0.3 is 9.47 Å². The van der Waals surface area contributed by atoms with Crippen molar-refractivity contribution in [1.29, 1.82) is 0 Å². The molecular formula is C31H24N2. The lowest BCUT2D eigenvalue weighted by Crippen LogP contribution is -2.08. The van der Waals surface area contributed by atoms with E-state index in [9.17, 15) is 0 Å². The molecule has 0 aliphatic rings. The number of benzene rings is 5. The van der Waals surface area contributed by atoms with Crippen LogP contribution in [0, 0.1) is 0 Å². The summed E-state index contributed by atoms with van der Waals surface area (Å²) in [6.07, 6.45) is 0. The molecule has 5 aromatic carbocycles. The maximum absolute atomic E-state index is 2.37. The number of fused-ring (bicyclic) bond motifs is 3. The maximum Gasteiger partial charge on any atom is 0.0547 e. The van der Waals surface area contributed by atoms with Gasteiger partial charge in [0.05, 0.1) is 11.0 Å². The van der Waals surface area contributed by atoms with E-state index in [1.54, 1.807) is 0 Å². The zero-order valence-electron chi connectivity index (χ0n) is 18.5. The number of aromatic nitrogens is 1. The molecule has 2 heteroatoms. The molecule has 0 radical (unpaired) electrons. The van der Waals surface area contributed by atoms with Gasteiger partial charge in [-0.15, -0.1) is 0 Å². The van der Waals surface area contributed by atoms with Gasteiger partial charge in [-0.25, -0.2) is 0 Å². The first-order chi connectivity index (χ1) is 16.3. The van der Waals surface area contributed by atoms with Gasteiger partial charge in [-0.3, -0.25) is 0 Å². The van der Waals surface area contributed by atoms with Gasteiger partial charge in [-0.2, -0.15) is 0 Å². The van der Waals surface area contributed by atoms with E-state index in [1.807, 2.05) is 6.07 Å². The van der Waals surface area contributed by atoms with E-state index >= 15 is 0 Å². The van der Waals surface area contributed by atoms with E-state index in [4.69, 9.17) is 0 Å². The second kappa shape index (κ2) is 7.99. The van der Waals surface area contributed by atoms with Gasteiger partial charge in [0.1, 0.15) is 0 Å². The van der Waals surface area contributed by atoms with Crippen LogP contribution in [0.5, 0.6) is 0 Å². The van der Waals surface area contributed by atoms with Gasteiger partial charge in [0.2, 0.25) is 0 Å². The van der Waals surface area contributed by atoms with E-state index in [1.165, 1.54) is 50.0 Å². The van der Waals surface area contributed by atoms with Gasteiger partial charge in [0.15, 0.2) is 0 Å². The fourth-order valence-electron chi connectivity index (χ4n) is 4.68. The quantitative estimate of drug-likeness (QED) is 0.277. The fraction of sp³-hybridized carbons (Fsp3) is 0.0323. The summed E-state index contributed by atoms with van der Waals surface area (Å²) in [6.45, 7) is 0. The van der Waals surface area contributed by atoms with E-state index < -0.39 is 0 Å². The molecule has 6 rings (SSSR count). The molecule has 0 aliphatic heterocycles. The average Bonchev–Trinajstić information content (AvgIpc) is 3.23. The first kappa shape index (κ1) is 19.4. The third-order valence-corrected chi connectivity index (χ3v) is 6.42. The van der Waals surface area contributed by atoms with Gasteiger partial charge in [-0.1, -0.05) is 78.9 Å². The fourth-order valence-corrected chi connectivity index (χ4v) is 4.68. The highest BCUT2D eigenvalue weighted by Gasteiger charge is 2.13. The maximum atomic E-state index is 2.37. The molecule has 0 fully saturated rings. The van der Waals surface area contributed by atoms with Crippen LogP contribution in [0.3, 0.4) is 0 Å². The standard InChI is InChI=1S/C31H24N2/c1-32(25-10-4-2-5-11-25)26-19-16-23(17-20-26)24-18-21-29-28-14-8-9-15-30(28)33(31(29)22-24)27-12-6-3-7-13-27/h2-22H,1H3. The second-order valence-electron chi connectivity index (χ2n) is 8.36. The van der Waals surface area contributed by atoms with Crippen molar-refractivity contribution in [2.75, 3.05) is 11.9 Å². The summed E-state index contributed by atoms with van der Waals surface area (Å²) < 4.78 is 2.37. The molecule has 0 N–H and O–H groups in total. The predicted octanol–water partition coefficient (Wildman–Crippen LogP) is 8.22. The summed E-state index contributed by atoms with van der Waals surface area (Å²) in [5.74, 6) is 0. The van der Waals surface area contributed by atoms with Crippen LogP contribution in [0.4, 0.5) is 11.4 Å². The van der Waals surface area contributed by atoms with Crippen LogP contribution in [-0.2, 0) is 0 Å². The molecule has 0 spiro atoms. The number of para-hydroxylation sites is 3. The Kier molecular flexibility index (Phi) is 4.70. The minimum absolute atomic E-state index is 1.17. The van der Waals surface area contributed by atoms with Crippen molar-refractivity contribution >= 4 is 33.2 Å². The number of hydrogen-bond donors (Lipinski definition) is 0. The van der Waals surface area contributed by atoms with Gasteiger partial charge >= 0.3 is 0 Å². The Balaban J connectivity index is 1.46. The normalized spacial score (nSPS) is 11.2. The Hall–Kier alpha value is -4.30. The van der Waals surface area contributed by atoms with Crippen LogP contribution in [-0.4, -0.2) is 11.6 Å². The van der Waals surface area contributed by atoms with E-state index in [-0.39, 0.29) is 0 Å². The molecule has 0 unspecified atom stereocenters. The Morgan fingerprint density at radius 2 is 1.06 bits per heavy atom. The monoisotopic (exact) mass is 424 g/mol. The van der Waals surface area contributed by atoms with Crippen molar-refractivity contribution in [3.05, 3.63) is 127 Å². The van der Waals surface area contributed by atoms with Gasteiger partial charge in [0.25, 0.3) is 0 Å². The zero-order chi connectivity index (χ0) is 22.2. The number of hydrogen-bond acceptors (Lipinski definition) is 1. The van der Waals surface area contributed by atoms with Crippen molar-refractivity contribution in [2.24, 2.45) is 0 Å². The minimum atomic E-state index is 1.17. The smallest absolute Gasteiger partial charge is 0.0547 e. The van der Waals surface area contributed by atoms with Crippen LogP contribution >= 0.6 is 0 Å². The lowest BCUT2D eigenvalue weighted by Gasteiger charge is -2.19. The molecule has 0 saturated carbocycles. The van der Waals surface area contributed by atoms with Crippen molar-refractivity contribution in [1.82, 2.24) is 4.57 Å². The van der Waals surface area contributed by atoms with E-state index in [0.29, 0.717) is 0 Å². The second-order valence-corrected chi connectivity index (χ2v) is 8.36. The third-order valence-electron chi connectivity index (χ3n) is 6.42. The number of nitrogens with zero attached hydrogens (tertiary/aromatic N) is 2. The first-order valence-electron chi connectivity index (χ1n) is 11.3. The molecule has 0 atom stereocenters.